The van der Waals surface area contributed by atoms with Crippen molar-refractivity contribution in [2.75, 3.05) is 11.5 Å². The van der Waals surface area contributed by atoms with E-state index < -0.39 is 17.8 Å². The number of carbonyl (C=O) groups is 3. The van der Waals surface area contributed by atoms with Crippen LogP contribution in [0.3, 0.4) is 0 Å². The van der Waals surface area contributed by atoms with Crippen LogP contribution in [0.1, 0.15) is 11.1 Å². The van der Waals surface area contributed by atoms with Crippen LogP contribution < -0.4 is 15.0 Å². The molecule has 1 N–H and O–H groups in total. The summed E-state index contributed by atoms with van der Waals surface area (Å²) in [6.07, 6.45) is 6.57. The number of amides is 4. The molecule has 7 heteroatoms. The molecule has 140 valence electrons. The fourth-order valence-corrected chi connectivity index (χ4v) is 2.86. The molecule has 1 fully saturated rings. The van der Waals surface area contributed by atoms with Crippen LogP contribution >= 0.6 is 15.9 Å². The Bertz CT molecular complexity index is 1040. The molecule has 0 aliphatic carbocycles. The van der Waals surface area contributed by atoms with Crippen LogP contribution in [0, 0.1) is 19.3 Å². The number of hydrogen-bond donors (Lipinski definition) is 1. The SMILES string of the molecule is C#CCOc1ccc(C=C2C(=O)NC(=O)N(c3ccc(Br)c(C)c3)C2=O)cc1. The summed E-state index contributed by atoms with van der Waals surface area (Å²) >= 11 is 3.38. The number of ether oxygens (including phenoxy) is 1. The van der Waals surface area contributed by atoms with E-state index in [9.17, 15) is 14.4 Å². The van der Waals surface area contributed by atoms with Crippen molar-refractivity contribution in [3.63, 3.8) is 0 Å². The van der Waals surface area contributed by atoms with Crippen LogP contribution in [-0.4, -0.2) is 24.5 Å². The van der Waals surface area contributed by atoms with Crippen molar-refractivity contribution in [3.05, 3.63) is 63.6 Å². The Morgan fingerprint density at radius 1 is 1.18 bits per heavy atom. The normalized spacial score (nSPS) is 15.4. The number of rotatable bonds is 4. The number of nitrogens with one attached hydrogen (secondary N) is 1. The molecule has 28 heavy (non-hydrogen) atoms. The van der Waals surface area contributed by atoms with E-state index in [0.717, 1.165) is 14.9 Å². The quantitative estimate of drug-likeness (QED) is 0.450. The third-order valence-corrected chi connectivity index (χ3v) is 4.90. The van der Waals surface area contributed by atoms with E-state index in [4.69, 9.17) is 11.2 Å². The number of halogens is 1. The summed E-state index contributed by atoms with van der Waals surface area (Å²) in [6.45, 7) is 1.98. The van der Waals surface area contributed by atoms with Crippen molar-refractivity contribution < 1.29 is 19.1 Å². The molecule has 0 radical (unpaired) electrons. The van der Waals surface area contributed by atoms with Gasteiger partial charge in [-0.25, -0.2) is 9.69 Å². The maximum absolute atomic E-state index is 12.9. The highest BCUT2D eigenvalue weighted by Gasteiger charge is 2.36. The van der Waals surface area contributed by atoms with Crippen LogP contribution in [0.5, 0.6) is 5.75 Å². The Morgan fingerprint density at radius 2 is 1.89 bits per heavy atom. The largest absolute Gasteiger partial charge is 0.481 e. The van der Waals surface area contributed by atoms with Crippen molar-refractivity contribution >= 4 is 45.5 Å². The van der Waals surface area contributed by atoms with Gasteiger partial charge in [0.2, 0.25) is 0 Å². The minimum atomic E-state index is -0.785. The molecular formula is C21H15BrN2O4. The highest BCUT2D eigenvalue weighted by molar-refractivity contribution is 9.10. The Hall–Kier alpha value is -3.37. The standard InChI is InChI=1S/C21H15BrN2O4/c1-3-10-28-16-7-4-14(5-8-16)12-17-19(25)23-21(27)24(20(17)26)15-6-9-18(22)13(2)11-15/h1,4-9,11-12H,10H2,2H3,(H,23,25,27). The van der Waals surface area contributed by atoms with Gasteiger partial charge in [0, 0.05) is 4.47 Å². The molecule has 0 aromatic heterocycles. The first-order valence-corrected chi connectivity index (χ1v) is 9.04. The van der Waals surface area contributed by atoms with Crippen molar-refractivity contribution in [2.45, 2.75) is 6.92 Å². The zero-order valence-corrected chi connectivity index (χ0v) is 16.4. The predicted molar refractivity (Wildman–Crippen MR) is 109 cm³/mol. The number of carbonyl (C=O) groups excluding carboxylic acids is 3. The van der Waals surface area contributed by atoms with E-state index in [1.54, 1.807) is 42.5 Å². The summed E-state index contributed by atoms with van der Waals surface area (Å²) in [5.74, 6) is 1.50. The Balaban J connectivity index is 1.92. The summed E-state index contributed by atoms with van der Waals surface area (Å²) in [4.78, 5) is 38.3. The molecule has 1 aliphatic heterocycles. The van der Waals surface area contributed by atoms with Gasteiger partial charge in [-0.1, -0.05) is 34.0 Å². The van der Waals surface area contributed by atoms with Gasteiger partial charge in [0.1, 0.15) is 17.9 Å². The highest BCUT2D eigenvalue weighted by Crippen LogP contribution is 2.26. The van der Waals surface area contributed by atoms with Crippen molar-refractivity contribution in [2.24, 2.45) is 0 Å². The molecule has 0 atom stereocenters. The van der Waals surface area contributed by atoms with Gasteiger partial charge < -0.3 is 4.74 Å². The summed E-state index contributed by atoms with van der Waals surface area (Å²) in [5.41, 5.74) is 1.69. The maximum Gasteiger partial charge on any atom is 0.335 e. The lowest BCUT2D eigenvalue weighted by molar-refractivity contribution is -0.122. The second-order valence-electron chi connectivity index (χ2n) is 5.95. The number of nitrogens with zero attached hydrogens (tertiary/aromatic N) is 1. The lowest BCUT2D eigenvalue weighted by Gasteiger charge is -2.26. The molecule has 1 aliphatic rings. The summed E-state index contributed by atoms with van der Waals surface area (Å²) in [5, 5.41) is 2.20. The van der Waals surface area contributed by atoms with E-state index in [-0.39, 0.29) is 12.2 Å². The number of urea groups is 1. The second-order valence-corrected chi connectivity index (χ2v) is 6.81. The number of aryl methyl sites for hydroxylation is 1. The van der Waals surface area contributed by atoms with Gasteiger partial charge in [-0.2, -0.15) is 0 Å². The zero-order chi connectivity index (χ0) is 20.3. The number of terminal acetylenes is 1. The van der Waals surface area contributed by atoms with Crippen LogP contribution in [0.25, 0.3) is 6.08 Å². The van der Waals surface area contributed by atoms with Gasteiger partial charge in [0.25, 0.3) is 11.8 Å². The van der Waals surface area contributed by atoms with Gasteiger partial charge >= 0.3 is 6.03 Å². The molecular weight excluding hydrogens is 424 g/mol. The minimum absolute atomic E-state index is 0.141. The van der Waals surface area contributed by atoms with Crippen molar-refractivity contribution in [1.82, 2.24) is 5.32 Å². The van der Waals surface area contributed by atoms with Crippen LogP contribution in [-0.2, 0) is 9.59 Å². The van der Waals surface area contributed by atoms with E-state index in [2.05, 4.69) is 27.2 Å². The fourth-order valence-electron chi connectivity index (χ4n) is 2.61. The topological polar surface area (TPSA) is 75.7 Å². The molecule has 0 bridgehead atoms. The molecule has 1 heterocycles. The van der Waals surface area contributed by atoms with Gasteiger partial charge in [-0.3, -0.25) is 14.9 Å². The van der Waals surface area contributed by atoms with Crippen molar-refractivity contribution in [3.8, 4) is 18.1 Å². The first kappa shape index (κ1) is 19.4. The molecule has 3 rings (SSSR count). The van der Waals surface area contributed by atoms with E-state index in [1.165, 1.54) is 6.08 Å². The number of benzene rings is 2. The van der Waals surface area contributed by atoms with Crippen LogP contribution in [0.2, 0.25) is 0 Å². The average Bonchev–Trinajstić information content (AvgIpc) is 2.67. The van der Waals surface area contributed by atoms with E-state index >= 15 is 0 Å². The molecule has 0 unspecified atom stereocenters. The molecule has 2 aromatic carbocycles. The summed E-state index contributed by atoms with van der Waals surface area (Å²) in [6, 6.07) is 11.0. The van der Waals surface area contributed by atoms with Gasteiger partial charge in [0.15, 0.2) is 0 Å². The first-order valence-electron chi connectivity index (χ1n) is 8.24. The van der Waals surface area contributed by atoms with E-state index in [0.29, 0.717) is 17.0 Å². The van der Waals surface area contributed by atoms with Crippen LogP contribution in [0.4, 0.5) is 10.5 Å². The Morgan fingerprint density at radius 3 is 2.54 bits per heavy atom. The lowest BCUT2D eigenvalue weighted by Crippen LogP contribution is -2.54. The number of anilines is 1. The van der Waals surface area contributed by atoms with Gasteiger partial charge in [0.05, 0.1) is 5.69 Å². The molecule has 0 spiro atoms. The lowest BCUT2D eigenvalue weighted by atomic mass is 10.1. The molecule has 1 saturated heterocycles. The molecule has 0 saturated carbocycles. The number of hydrogen-bond acceptors (Lipinski definition) is 4. The van der Waals surface area contributed by atoms with E-state index in [1.807, 2.05) is 6.92 Å². The third kappa shape index (κ3) is 3.97. The summed E-state index contributed by atoms with van der Waals surface area (Å²) in [7, 11) is 0. The number of imide groups is 2. The van der Waals surface area contributed by atoms with Gasteiger partial charge in [-0.05, 0) is 54.5 Å². The van der Waals surface area contributed by atoms with Crippen molar-refractivity contribution in [1.29, 1.82) is 0 Å². The fraction of sp³-hybridized carbons (Fsp3) is 0.0952. The Labute approximate surface area is 170 Å². The average molecular weight is 439 g/mol. The monoisotopic (exact) mass is 438 g/mol. The maximum atomic E-state index is 12.9. The highest BCUT2D eigenvalue weighted by atomic mass is 79.9. The molecule has 2 aromatic rings. The second kappa shape index (κ2) is 8.11. The zero-order valence-electron chi connectivity index (χ0n) is 14.9. The summed E-state index contributed by atoms with van der Waals surface area (Å²) < 4.78 is 6.14. The smallest absolute Gasteiger partial charge is 0.335 e. The van der Waals surface area contributed by atoms with Gasteiger partial charge in [-0.15, -0.1) is 6.42 Å². The Kier molecular flexibility index (Phi) is 5.62. The molecule has 4 amide bonds. The molecule has 6 nitrogen and oxygen atoms in total. The first-order chi connectivity index (χ1) is 13.4. The third-order valence-electron chi connectivity index (χ3n) is 4.01. The van der Waals surface area contributed by atoms with Crippen LogP contribution in [0.15, 0.2) is 52.5 Å². The minimum Gasteiger partial charge on any atom is -0.481 e. The predicted octanol–water partition coefficient (Wildman–Crippen LogP) is 3.44. The number of barbiturate groups is 1.